The number of rotatable bonds is 6. The maximum Gasteiger partial charge on any atom is 0.254 e. The molecule has 4 heterocycles. The number of methoxy groups -OCH3 is 1. The summed E-state index contributed by atoms with van der Waals surface area (Å²) in [6.07, 6.45) is 2.59. The summed E-state index contributed by atoms with van der Waals surface area (Å²) in [5, 5.41) is 7.80. The Morgan fingerprint density at radius 3 is 2.82 bits per heavy atom. The number of aromatic nitrogens is 3. The molecular formula is C18H23N5O5. The van der Waals surface area contributed by atoms with Gasteiger partial charge in [-0.1, -0.05) is 5.16 Å². The molecule has 2 aliphatic rings. The van der Waals surface area contributed by atoms with Crippen molar-refractivity contribution in [3.8, 4) is 5.88 Å². The molecule has 2 aromatic heterocycles. The number of likely N-dealkylation sites (tertiary alicyclic amines) is 2. The van der Waals surface area contributed by atoms with Crippen LogP contribution in [0.25, 0.3) is 0 Å². The molecule has 1 atom stereocenters. The average molecular weight is 389 g/mol. The normalized spacial score (nSPS) is 19.7. The van der Waals surface area contributed by atoms with Gasteiger partial charge in [0.05, 0.1) is 13.0 Å². The minimum atomic E-state index is -0.129. The Kier molecular flexibility index (Phi) is 5.01. The van der Waals surface area contributed by atoms with E-state index in [-0.39, 0.29) is 23.8 Å². The highest BCUT2D eigenvalue weighted by molar-refractivity contribution is 5.77. The fraction of sp³-hybridized carbons (Fsp3) is 0.611. The predicted octanol–water partition coefficient (Wildman–Crippen LogP) is 1.31. The highest BCUT2D eigenvalue weighted by Crippen LogP contribution is 2.33. The molecule has 2 amide bonds. The van der Waals surface area contributed by atoms with Crippen LogP contribution in [0, 0.1) is 0 Å². The van der Waals surface area contributed by atoms with Crippen molar-refractivity contribution in [3.05, 3.63) is 23.5 Å². The largest absolute Gasteiger partial charge is 0.479 e. The number of carbonyl (C=O) groups excluding carboxylic acids is 2. The molecular weight excluding hydrogens is 366 g/mol. The number of carbonyl (C=O) groups is 2. The summed E-state index contributed by atoms with van der Waals surface area (Å²) in [7, 11) is 1.51. The van der Waals surface area contributed by atoms with Crippen molar-refractivity contribution in [2.75, 3.05) is 26.7 Å². The van der Waals surface area contributed by atoms with Crippen molar-refractivity contribution in [3.63, 3.8) is 0 Å². The summed E-state index contributed by atoms with van der Waals surface area (Å²) in [6.45, 7) is 3.41. The van der Waals surface area contributed by atoms with Gasteiger partial charge in [0.2, 0.25) is 17.7 Å². The molecule has 0 N–H and O–H groups in total. The minimum absolute atomic E-state index is 0.0204. The Morgan fingerprint density at radius 2 is 2.11 bits per heavy atom. The first-order chi connectivity index (χ1) is 13.5. The maximum absolute atomic E-state index is 12.3. The molecule has 2 saturated heterocycles. The van der Waals surface area contributed by atoms with Crippen LogP contribution in [-0.4, -0.2) is 63.7 Å². The first kappa shape index (κ1) is 18.5. The van der Waals surface area contributed by atoms with Crippen molar-refractivity contribution < 1.29 is 23.4 Å². The third-order valence-corrected chi connectivity index (χ3v) is 5.33. The van der Waals surface area contributed by atoms with Crippen molar-refractivity contribution in [2.45, 2.75) is 44.6 Å². The van der Waals surface area contributed by atoms with Crippen molar-refractivity contribution in [1.82, 2.24) is 25.1 Å². The van der Waals surface area contributed by atoms with Gasteiger partial charge in [-0.15, -0.1) is 0 Å². The Bertz CT molecular complexity index is 856. The Morgan fingerprint density at radius 1 is 1.29 bits per heavy atom. The van der Waals surface area contributed by atoms with Crippen LogP contribution in [0.1, 0.15) is 55.6 Å². The van der Waals surface area contributed by atoms with E-state index in [1.807, 2.05) is 0 Å². The van der Waals surface area contributed by atoms with Gasteiger partial charge < -0.3 is 23.6 Å². The molecule has 2 fully saturated rings. The minimum Gasteiger partial charge on any atom is -0.479 e. The zero-order chi connectivity index (χ0) is 19.7. The van der Waals surface area contributed by atoms with E-state index >= 15 is 0 Å². The summed E-state index contributed by atoms with van der Waals surface area (Å²) < 4.78 is 15.5. The molecule has 2 aromatic rings. The van der Waals surface area contributed by atoms with Crippen LogP contribution in [0.2, 0.25) is 0 Å². The van der Waals surface area contributed by atoms with Gasteiger partial charge in [0, 0.05) is 45.5 Å². The Labute approximate surface area is 161 Å². The number of hydrogen-bond acceptors (Lipinski definition) is 8. The first-order valence-corrected chi connectivity index (χ1v) is 9.43. The second-order valence-electron chi connectivity index (χ2n) is 7.19. The highest BCUT2D eigenvalue weighted by atomic mass is 16.5. The molecule has 0 saturated carbocycles. The van der Waals surface area contributed by atoms with E-state index in [0.29, 0.717) is 49.3 Å². The summed E-state index contributed by atoms with van der Waals surface area (Å²) in [5.74, 6) is 2.27. The smallest absolute Gasteiger partial charge is 0.254 e. The summed E-state index contributed by atoms with van der Waals surface area (Å²) in [6, 6.07) is 1.55. The van der Waals surface area contributed by atoms with Gasteiger partial charge in [-0.2, -0.15) is 4.98 Å². The number of ether oxygens (including phenoxy) is 1. The van der Waals surface area contributed by atoms with Gasteiger partial charge >= 0.3 is 0 Å². The van der Waals surface area contributed by atoms with Crippen LogP contribution >= 0.6 is 0 Å². The highest BCUT2D eigenvalue weighted by Gasteiger charge is 2.37. The lowest BCUT2D eigenvalue weighted by atomic mass is 9.98. The summed E-state index contributed by atoms with van der Waals surface area (Å²) in [5.41, 5.74) is 0. The van der Waals surface area contributed by atoms with E-state index < -0.39 is 0 Å². The number of amides is 2. The van der Waals surface area contributed by atoms with Gasteiger partial charge in [0.25, 0.3) is 5.88 Å². The molecule has 0 radical (unpaired) electrons. The van der Waals surface area contributed by atoms with E-state index in [0.717, 1.165) is 19.4 Å². The number of aryl methyl sites for hydroxylation is 1. The lowest BCUT2D eigenvalue weighted by Crippen LogP contribution is -2.48. The molecule has 28 heavy (non-hydrogen) atoms. The molecule has 0 bridgehead atoms. The van der Waals surface area contributed by atoms with Crippen molar-refractivity contribution in [1.29, 1.82) is 0 Å². The van der Waals surface area contributed by atoms with E-state index in [1.165, 1.54) is 7.11 Å². The molecule has 10 nitrogen and oxygen atoms in total. The van der Waals surface area contributed by atoms with E-state index in [1.54, 1.807) is 22.8 Å². The quantitative estimate of drug-likeness (QED) is 0.726. The van der Waals surface area contributed by atoms with Gasteiger partial charge in [0.1, 0.15) is 11.8 Å². The first-order valence-electron chi connectivity index (χ1n) is 9.43. The van der Waals surface area contributed by atoms with Gasteiger partial charge in [-0.3, -0.25) is 9.59 Å². The molecule has 0 spiro atoms. The summed E-state index contributed by atoms with van der Waals surface area (Å²) in [4.78, 5) is 32.1. The fourth-order valence-electron chi connectivity index (χ4n) is 3.69. The molecule has 1 unspecified atom stereocenters. The van der Waals surface area contributed by atoms with Crippen LogP contribution < -0.4 is 4.74 Å². The van der Waals surface area contributed by atoms with Crippen LogP contribution in [0.3, 0.4) is 0 Å². The van der Waals surface area contributed by atoms with Gasteiger partial charge in [-0.05, 0) is 18.0 Å². The van der Waals surface area contributed by atoms with Crippen molar-refractivity contribution >= 4 is 11.8 Å². The third kappa shape index (κ3) is 3.58. The molecule has 0 aliphatic carbocycles. The van der Waals surface area contributed by atoms with Crippen molar-refractivity contribution in [2.24, 2.45) is 0 Å². The Hall–Kier alpha value is -2.91. The SMILES string of the molecule is COc1cc(CCC(=O)N2CC(c3noc(C4CCCN4C(C)=O)n3)C2)on1. The lowest BCUT2D eigenvalue weighted by molar-refractivity contribution is -0.135. The van der Waals surface area contributed by atoms with Crippen LogP contribution in [0.15, 0.2) is 15.1 Å². The molecule has 150 valence electrons. The third-order valence-electron chi connectivity index (χ3n) is 5.33. The second kappa shape index (κ2) is 7.61. The van der Waals surface area contributed by atoms with Crippen LogP contribution in [0.5, 0.6) is 5.88 Å². The second-order valence-corrected chi connectivity index (χ2v) is 7.19. The summed E-state index contributed by atoms with van der Waals surface area (Å²) >= 11 is 0. The molecule has 0 aromatic carbocycles. The van der Waals surface area contributed by atoms with Gasteiger partial charge in [0.15, 0.2) is 5.82 Å². The molecule has 4 rings (SSSR count). The number of hydrogen-bond donors (Lipinski definition) is 0. The standard InChI is InChI=1S/C18H23N5O5/c1-11(24)23-7-3-4-14(23)18-19-17(21-28-18)12-9-22(10-12)16(25)6-5-13-8-15(26-2)20-27-13/h8,12,14H,3-7,9-10H2,1-2H3. The van der Waals surface area contributed by atoms with E-state index in [9.17, 15) is 9.59 Å². The average Bonchev–Trinajstić information content (AvgIpc) is 3.37. The molecule has 2 aliphatic heterocycles. The maximum atomic E-state index is 12.3. The molecule has 10 heteroatoms. The monoisotopic (exact) mass is 389 g/mol. The van der Waals surface area contributed by atoms with E-state index in [4.69, 9.17) is 13.8 Å². The van der Waals surface area contributed by atoms with Crippen LogP contribution in [-0.2, 0) is 16.0 Å². The lowest BCUT2D eigenvalue weighted by Gasteiger charge is -2.37. The Balaban J connectivity index is 1.27. The number of nitrogens with zero attached hydrogens (tertiary/aromatic N) is 5. The fourth-order valence-corrected chi connectivity index (χ4v) is 3.69. The topological polar surface area (TPSA) is 115 Å². The van der Waals surface area contributed by atoms with E-state index in [2.05, 4.69) is 15.3 Å². The van der Waals surface area contributed by atoms with Gasteiger partial charge in [-0.25, -0.2) is 0 Å². The van der Waals surface area contributed by atoms with Crippen LogP contribution in [0.4, 0.5) is 0 Å². The zero-order valence-corrected chi connectivity index (χ0v) is 16.0. The predicted molar refractivity (Wildman–Crippen MR) is 94.4 cm³/mol. The zero-order valence-electron chi connectivity index (χ0n) is 16.0.